The first-order valence-corrected chi connectivity index (χ1v) is 9.13. The predicted molar refractivity (Wildman–Crippen MR) is 94.1 cm³/mol. The summed E-state index contributed by atoms with van der Waals surface area (Å²) in [7, 11) is 0. The van der Waals surface area contributed by atoms with Crippen LogP contribution in [-0.2, 0) is 10.5 Å². The molecule has 0 saturated heterocycles. The molecule has 1 heterocycles. The van der Waals surface area contributed by atoms with E-state index in [-0.39, 0.29) is 5.91 Å². The van der Waals surface area contributed by atoms with E-state index in [1.165, 1.54) is 4.88 Å². The highest BCUT2D eigenvalue weighted by Gasteiger charge is 2.22. The zero-order chi connectivity index (χ0) is 16.8. The van der Waals surface area contributed by atoms with E-state index in [0.29, 0.717) is 5.56 Å². The summed E-state index contributed by atoms with van der Waals surface area (Å²) in [5, 5.41) is 13.8. The number of aliphatic carboxylic acids is 1. The number of carbonyl (C=O) groups excluding carboxylic acids is 1. The van der Waals surface area contributed by atoms with Crippen LogP contribution in [0.4, 0.5) is 0 Å². The highest BCUT2D eigenvalue weighted by atomic mass is 32.2. The standard InChI is InChI=1S/C17H19NO3S2/c1-11(17(20)21)12(2)18-16(19)14-7-3-4-8-15(14)23-10-13-6-5-9-22-13/h3-9,11-12H,10H2,1-2H3,(H,18,19)(H,20,21). The molecule has 122 valence electrons. The summed E-state index contributed by atoms with van der Waals surface area (Å²) < 4.78 is 0. The number of carbonyl (C=O) groups is 2. The van der Waals surface area contributed by atoms with Gasteiger partial charge in [-0.05, 0) is 37.4 Å². The number of carboxylic acids is 1. The van der Waals surface area contributed by atoms with Crippen molar-refractivity contribution in [1.29, 1.82) is 0 Å². The second-order valence-corrected chi connectivity index (χ2v) is 7.30. The Morgan fingerprint density at radius 3 is 2.61 bits per heavy atom. The average molecular weight is 349 g/mol. The lowest BCUT2D eigenvalue weighted by molar-refractivity contribution is -0.141. The van der Waals surface area contributed by atoms with Gasteiger partial charge in [-0.25, -0.2) is 0 Å². The number of thioether (sulfide) groups is 1. The number of amides is 1. The molecule has 4 nitrogen and oxygen atoms in total. The quantitative estimate of drug-likeness (QED) is 0.745. The summed E-state index contributed by atoms with van der Waals surface area (Å²) in [5.74, 6) is -0.980. The SMILES string of the molecule is CC(NC(=O)c1ccccc1SCc1cccs1)C(C)C(=O)O. The van der Waals surface area contributed by atoms with Gasteiger partial charge in [0.05, 0.1) is 11.5 Å². The Bertz CT molecular complexity index is 670. The fourth-order valence-corrected chi connectivity index (χ4v) is 3.77. The Hall–Kier alpha value is -1.79. The van der Waals surface area contributed by atoms with E-state index in [4.69, 9.17) is 5.11 Å². The van der Waals surface area contributed by atoms with Gasteiger partial charge in [-0.2, -0.15) is 0 Å². The van der Waals surface area contributed by atoms with Gasteiger partial charge >= 0.3 is 5.97 Å². The normalized spacial score (nSPS) is 13.3. The van der Waals surface area contributed by atoms with Crippen molar-refractivity contribution in [3.05, 3.63) is 52.2 Å². The summed E-state index contributed by atoms with van der Waals surface area (Å²) in [6.07, 6.45) is 0. The molecule has 0 spiro atoms. The maximum atomic E-state index is 12.4. The van der Waals surface area contributed by atoms with Crippen molar-refractivity contribution in [3.63, 3.8) is 0 Å². The lowest BCUT2D eigenvalue weighted by atomic mass is 10.0. The highest BCUT2D eigenvalue weighted by molar-refractivity contribution is 7.98. The van der Waals surface area contributed by atoms with E-state index in [9.17, 15) is 9.59 Å². The van der Waals surface area contributed by atoms with E-state index in [0.717, 1.165) is 10.6 Å². The van der Waals surface area contributed by atoms with Gasteiger partial charge in [0.1, 0.15) is 0 Å². The highest BCUT2D eigenvalue weighted by Crippen LogP contribution is 2.28. The largest absolute Gasteiger partial charge is 0.481 e. The smallest absolute Gasteiger partial charge is 0.308 e. The van der Waals surface area contributed by atoms with E-state index in [1.54, 1.807) is 43.0 Å². The summed E-state index contributed by atoms with van der Waals surface area (Å²) >= 11 is 3.30. The number of benzene rings is 1. The maximum Gasteiger partial charge on any atom is 0.308 e. The van der Waals surface area contributed by atoms with Crippen LogP contribution in [0.25, 0.3) is 0 Å². The van der Waals surface area contributed by atoms with Crippen LogP contribution in [-0.4, -0.2) is 23.0 Å². The summed E-state index contributed by atoms with van der Waals surface area (Å²) in [5.41, 5.74) is 0.582. The Labute approximate surface area is 143 Å². The average Bonchev–Trinajstić information content (AvgIpc) is 3.05. The van der Waals surface area contributed by atoms with Gasteiger partial charge < -0.3 is 10.4 Å². The molecule has 2 unspecified atom stereocenters. The third kappa shape index (κ3) is 4.84. The van der Waals surface area contributed by atoms with Gasteiger partial charge in [-0.3, -0.25) is 9.59 Å². The van der Waals surface area contributed by atoms with Crippen LogP contribution in [0.5, 0.6) is 0 Å². The van der Waals surface area contributed by atoms with Gasteiger partial charge in [-0.15, -0.1) is 23.1 Å². The number of hydrogen-bond donors (Lipinski definition) is 2. The van der Waals surface area contributed by atoms with E-state index < -0.39 is 17.9 Å². The van der Waals surface area contributed by atoms with Crippen molar-refractivity contribution in [2.45, 2.75) is 30.5 Å². The number of hydrogen-bond acceptors (Lipinski definition) is 4. The second kappa shape index (κ2) is 8.17. The Kier molecular flexibility index (Phi) is 6.24. The minimum atomic E-state index is -0.918. The molecule has 6 heteroatoms. The molecule has 1 aromatic carbocycles. The molecule has 1 amide bonds. The minimum absolute atomic E-state index is 0.236. The fourth-order valence-electron chi connectivity index (χ4n) is 1.95. The third-order valence-electron chi connectivity index (χ3n) is 3.58. The molecule has 0 fully saturated rings. The Morgan fingerprint density at radius 1 is 1.22 bits per heavy atom. The lowest BCUT2D eigenvalue weighted by Crippen LogP contribution is -2.40. The van der Waals surface area contributed by atoms with Crippen LogP contribution in [0.2, 0.25) is 0 Å². The molecular weight excluding hydrogens is 330 g/mol. The van der Waals surface area contributed by atoms with Crippen LogP contribution in [0.3, 0.4) is 0 Å². The van der Waals surface area contributed by atoms with Crippen LogP contribution in [0.15, 0.2) is 46.7 Å². The zero-order valence-electron chi connectivity index (χ0n) is 13.0. The summed E-state index contributed by atoms with van der Waals surface area (Å²) in [6.45, 7) is 3.29. The van der Waals surface area contributed by atoms with Crippen LogP contribution < -0.4 is 5.32 Å². The molecule has 0 aliphatic heterocycles. The zero-order valence-corrected chi connectivity index (χ0v) is 14.6. The number of nitrogens with one attached hydrogen (secondary N) is 1. The number of carboxylic acid groups (broad SMARTS) is 1. The van der Waals surface area contributed by atoms with Crippen molar-refractivity contribution in [1.82, 2.24) is 5.32 Å². The molecule has 0 bridgehead atoms. The van der Waals surface area contributed by atoms with Gasteiger partial charge in [0.15, 0.2) is 0 Å². The Morgan fingerprint density at radius 2 is 1.96 bits per heavy atom. The topological polar surface area (TPSA) is 66.4 Å². The van der Waals surface area contributed by atoms with E-state index in [2.05, 4.69) is 11.4 Å². The van der Waals surface area contributed by atoms with E-state index in [1.807, 2.05) is 29.6 Å². The summed E-state index contributed by atoms with van der Waals surface area (Å²) in [6, 6.07) is 11.0. The monoisotopic (exact) mass is 349 g/mol. The van der Waals surface area contributed by atoms with Gasteiger partial charge in [0.25, 0.3) is 5.91 Å². The number of rotatable bonds is 7. The number of thiophene rings is 1. The fraction of sp³-hybridized carbons (Fsp3) is 0.294. The minimum Gasteiger partial charge on any atom is -0.481 e. The molecule has 0 aliphatic carbocycles. The molecule has 0 radical (unpaired) electrons. The molecule has 2 N–H and O–H groups in total. The van der Waals surface area contributed by atoms with E-state index >= 15 is 0 Å². The first kappa shape index (κ1) is 17.6. The molecular formula is C17H19NO3S2. The third-order valence-corrected chi connectivity index (χ3v) is 5.76. The van der Waals surface area contributed by atoms with Gasteiger partial charge in [-0.1, -0.05) is 18.2 Å². The first-order chi connectivity index (χ1) is 11.0. The molecule has 0 saturated carbocycles. The Balaban J connectivity index is 2.06. The maximum absolute atomic E-state index is 12.4. The predicted octanol–water partition coefficient (Wildman–Crippen LogP) is 3.88. The lowest BCUT2D eigenvalue weighted by Gasteiger charge is -2.18. The van der Waals surface area contributed by atoms with Crippen LogP contribution >= 0.6 is 23.1 Å². The van der Waals surface area contributed by atoms with Gasteiger partial charge in [0, 0.05) is 21.6 Å². The second-order valence-electron chi connectivity index (χ2n) is 5.25. The molecule has 23 heavy (non-hydrogen) atoms. The summed E-state index contributed by atoms with van der Waals surface area (Å²) in [4.78, 5) is 25.6. The van der Waals surface area contributed by atoms with Crippen molar-refractivity contribution in [2.75, 3.05) is 0 Å². The van der Waals surface area contributed by atoms with Crippen molar-refractivity contribution in [2.24, 2.45) is 5.92 Å². The molecule has 0 aliphatic rings. The van der Waals surface area contributed by atoms with Crippen molar-refractivity contribution in [3.8, 4) is 0 Å². The molecule has 2 atom stereocenters. The molecule has 2 aromatic rings. The van der Waals surface area contributed by atoms with Crippen molar-refractivity contribution >= 4 is 35.0 Å². The molecule has 1 aromatic heterocycles. The van der Waals surface area contributed by atoms with Crippen molar-refractivity contribution < 1.29 is 14.7 Å². The van der Waals surface area contributed by atoms with Gasteiger partial charge in [0.2, 0.25) is 0 Å². The van der Waals surface area contributed by atoms with Crippen LogP contribution in [0, 0.1) is 5.92 Å². The van der Waals surface area contributed by atoms with Crippen LogP contribution in [0.1, 0.15) is 29.1 Å². The molecule has 2 rings (SSSR count). The first-order valence-electron chi connectivity index (χ1n) is 7.27.